The van der Waals surface area contributed by atoms with Crippen molar-refractivity contribution in [3.05, 3.63) is 131 Å². The van der Waals surface area contributed by atoms with Gasteiger partial charge in [-0.3, -0.25) is 14.4 Å². The van der Waals surface area contributed by atoms with Gasteiger partial charge < -0.3 is 27.4 Å². The summed E-state index contributed by atoms with van der Waals surface area (Å²) in [6.07, 6.45) is 0.0918. The predicted molar refractivity (Wildman–Crippen MR) is 160 cm³/mol. The molecule has 0 radical (unpaired) electrons. The van der Waals surface area contributed by atoms with Crippen LogP contribution in [-0.2, 0) is 20.8 Å². The second kappa shape index (κ2) is 13.1. The number of carbonyl (C=O) groups is 3. The zero-order valence-corrected chi connectivity index (χ0v) is 22.6. The number of hydrogen-bond donors (Lipinski definition) is 4. The van der Waals surface area contributed by atoms with E-state index >= 15 is 0 Å². The van der Waals surface area contributed by atoms with Gasteiger partial charge >= 0.3 is 0 Å². The predicted octanol–water partition coefficient (Wildman–Crippen LogP) is 3.27. The molecule has 4 aromatic rings. The zero-order valence-electron chi connectivity index (χ0n) is 22.6. The Bertz CT molecular complexity index is 1500. The number of benzene rings is 4. The van der Waals surface area contributed by atoms with Crippen LogP contribution in [0.1, 0.15) is 34.2 Å². The first-order chi connectivity index (χ1) is 19.7. The number of nitrogens with zero attached hydrogens (tertiary/aromatic N) is 2. The Kier molecular flexibility index (Phi) is 9.11. The van der Waals surface area contributed by atoms with Crippen LogP contribution in [0.3, 0.4) is 0 Å². The summed E-state index contributed by atoms with van der Waals surface area (Å²) in [6.45, 7) is 0. The molecule has 0 bridgehead atoms. The van der Waals surface area contributed by atoms with E-state index in [1.165, 1.54) is 4.90 Å². The molecule has 0 aliphatic rings. The highest BCUT2D eigenvalue weighted by Crippen LogP contribution is 2.29. The Morgan fingerprint density at radius 1 is 0.756 bits per heavy atom. The number of nitrogens with two attached hydrogens (primary N) is 3. The molecule has 0 spiro atoms. The zero-order chi connectivity index (χ0) is 29.4. The molecule has 3 amide bonds. The molecule has 1 unspecified atom stereocenters. The third kappa shape index (κ3) is 7.36. The summed E-state index contributed by atoms with van der Waals surface area (Å²) in [6, 6.07) is 31.4. The van der Waals surface area contributed by atoms with Crippen molar-refractivity contribution in [3.63, 3.8) is 0 Å². The molecule has 4 rings (SSSR count). The van der Waals surface area contributed by atoms with Crippen LogP contribution in [-0.4, -0.2) is 30.7 Å². The van der Waals surface area contributed by atoms with Crippen LogP contribution in [0.15, 0.2) is 114 Å². The molecule has 41 heavy (non-hydrogen) atoms. The maximum Gasteiger partial charge on any atom is 0.253 e. The molecule has 0 aromatic heterocycles. The standard InChI is InChI=1S/C32H32N6O3/c1-38(26-17-15-21(16-18-26)19-27(33)39)31(41)29(24-13-8-14-25(20-24)36-32(34)35)37-30(40)28(22-9-4-2-5-10-22)23-11-6-3-7-12-23/h2-18,20,28-29H,19H2,1H3,(H2,33,39)(H,37,40)(H4,34,35,36). The average Bonchev–Trinajstić information content (AvgIpc) is 2.96. The Labute approximate surface area is 238 Å². The Balaban J connectivity index is 1.72. The van der Waals surface area contributed by atoms with Crippen molar-refractivity contribution in [2.24, 2.45) is 22.2 Å². The lowest BCUT2D eigenvalue weighted by atomic mass is 9.90. The van der Waals surface area contributed by atoms with Crippen molar-refractivity contribution in [2.75, 3.05) is 11.9 Å². The van der Waals surface area contributed by atoms with Crippen LogP contribution in [0, 0.1) is 0 Å². The minimum atomic E-state index is -1.07. The second-order valence-electron chi connectivity index (χ2n) is 9.53. The smallest absolute Gasteiger partial charge is 0.253 e. The molecule has 0 aliphatic heterocycles. The number of nitrogens with one attached hydrogen (secondary N) is 1. The highest BCUT2D eigenvalue weighted by molar-refractivity contribution is 6.00. The van der Waals surface area contributed by atoms with Crippen molar-refractivity contribution >= 4 is 35.1 Å². The van der Waals surface area contributed by atoms with Gasteiger partial charge in [0.25, 0.3) is 5.91 Å². The van der Waals surface area contributed by atoms with Crippen molar-refractivity contribution < 1.29 is 14.4 Å². The van der Waals surface area contributed by atoms with Crippen molar-refractivity contribution in [3.8, 4) is 0 Å². The summed E-state index contributed by atoms with van der Waals surface area (Å²) in [5, 5.41) is 3.00. The highest BCUT2D eigenvalue weighted by atomic mass is 16.2. The molecule has 0 fully saturated rings. The number of amides is 3. The number of likely N-dealkylation sites (N-methyl/N-ethyl adjacent to an activating group) is 1. The van der Waals surface area contributed by atoms with E-state index in [-0.39, 0.29) is 24.2 Å². The van der Waals surface area contributed by atoms with Gasteiger partial charge in [0.1, 0.15) is 6.04 Å². The molecule has 1 atom stereocenters. The van der Waals surface area contributed by atoms with Crippen molar-refractivity contribution in [2.45, 2.75) is 18.4 Å². The first-order valence-electron chi connectivity index (χ1n) is 13.0. The normalized spacial score (nSPS) is 11.4. The van der Waals surface area contributed by atoms with Gasteiger partial charge in [0.2, 0.25) is 11.8 Å². The summed E-state index contributed by atoms with van der Waals surface area (Å²) in [7, 11) is 1.62. The van der Waals surface area contributed by atoms with Crippen LogP contribution in [0.5, 0.6) is 0 Å². The number of primary amides is 1. The quantitative estimate of drug-likeness (QED) is 0.177. The number of anilines is 1. The lowest BCUT2D eigenvalue weighted by Gasteiger charge is -2.27. The summed E-state index contributed by atoms with van der Waals surface area (Å²) in [5.74, 6) is -1.97. The van der Waals surface area contributed by atoms with Gasteiger partial charge in [-0.25, -0.2) is 4.99 Å². The maximum atomic E-state index is 14.0. The van der Waals surface area contributed by atoms with E-state index < -0.39 is 17.9 Å². The maximum absolute atomic E-state index is 14.0. The largest absolute Gasteiger partial charge is 0.370 e. The van der Waals surface area contributed by atoms with E-state index in [4.69, 9.17) is 17.2 Å². The van der Waals surface area contributed by atoms with E-state index in [2.05, 4.69) is 10.3 Å². The number of aliphatic imine (C=N–C) groups is 1. The molecule has 0 saturated carbocycles. The van der Waals surface area contributed by atoms with E-state index in [1.807, 2.05) is 60.7 Å². The minimum absolute atomic E-state index is 0.0918. The van der Waals surface area contributed by atoms with Gasteiger partial charge in [-0.05, 0) is 46.5 Å². The molecule has 4 aromatic carbocycles. The Morgan fingerprint density at radius 3 is 1.85 bits per heavy atom. The Hall–Kier alpha value is -5.44. The van der Waals surface area contributed by atoms with Crippen LogP contribution in [0.4, 0.5) is 11.4 Å². The summed E-state index contributed by atoms with van der Waals surface area (Å²) in [4.78, 5) is 44.9. The minimum Gasteiger partial charge on any atom is -0.370 e. The van der Waals surface area contributed by atoms with Crippen LogP contribution >= 0.6 is 0 Å². The fraction of sp³-hybridized carbons (Fsp3) is 0.125. The fourth-order valence-electron chi connectivity index (χ4n) is 4.58. The average molecular weight is 549 g/mol. The number of guanidine groups is 1. The van der Waals surface area contributed by atoms with Gasteiger partial charge in [-0.1, -0.05) is 84.9 Å². The molecular weight excluding hydrogens is 516 g/mol. The number of hydrogen-bond acceptors (Lipinski definition) is 4. The van der Waals surface area contributed by atoms with Gasteiger partial charge in [-0.15, -0.1) is 0 Å². The van der Waals surface area contributed by atoms with Gasteiger partial charge in [0.05, 0.1) is 18.0 Å². The van der Waals surface area contributed by atoms with E-state index in [0.29, 0.717) is 16.9 Å². The molecule has 0 saturated heterocycles. The molecule has 0 heterocycles. The Morgan fingerprint density at radius 2 is 1.32 bits per heavy atom. The second-order valence-corrected chi connectivity index (χ2v) is 9.53. The molecule has 7 N–H and O–H groups in total. The van der Waals surface area contributed by atoms with Gasteiger partial charge in [0.15, 0.2) is 5.96 Å². The first kappa shape index (κ1) is 28.6. The third-order valence-electron chi connectivity index (χ3n) is 6.56. The van der Waals surface area contributed by atoms with Gasteiger partial charge in [-0.2, -0.15) is 0 Å². The van der Waals surface area contributed by atoms with Crippen LogP contribution < -0.4 is 27.4 Å². The molecule has 9 heteroatoms. The fourth-order valence-corrected chi connectivity index (χ4v) is 4.58. The molecule has 208 valence electrons. The molecule has 9 nitrogen and oxygen atoms in total. The summed E-state index contributed by atoms with van der Waals surface area (Å²) in [5.41, 5.74) is 20.3. The molecular formula is C32H32N6O3. The van der Waals surface area contributed by atoms with E-state index in [1.54, 1.807) is 55.6 Å². The third-order valence-corrected chi connectivity index (χ3v) is 6.56. The topological polar surface area (TPSA) is 157 Å². The highest BCUT2D eigenvalue weighted by Gasteiger charge is 2.31. The number of carbonyl (C=O) groups excluding carboxylic acids is 3. The summed E-state index contributed by atoms with van der Waals surface area (Å²) < 4.78 is 0. The first-order valence-corrected chi connectivity index (χ1v) is 13.0. The monoisotopic (exact) mass is 548 g/mol. The van der Waals surface area contributed by atoms with Crippen molar-refractivity contribution in [1.29, 1.82) is 0 Å². The van der Waals surface area contributed by atoms with E-state index in [0.717, 1.165) is 16.7 Å². The van der Waals surface area contributed by atoms with Gasteiger partial charge in [0, 0.05) is 12.7 Å². The lowest BCUT2D eigenvalue weighted by Crippen LogP contribution is -2.43. The van der Waals surface area contributed by atoms with Crippen LogP contribution in [0.25, 0.3) is 0 Å². The SMILES string of the molecule is CN(C(=O)C(NC(=O)C(c1ccccc1)c1ccccc1)c1cccc(N=C(N)N)c1)c1ccc(CC(N)=O)cc1. The lowest BCUT2D eigenvalue weighted by molar-refractivity contribution is -0.128. The van der Waals surface area contributed by atoms with Crippen LogP contribution in [0.2, 0.25) is 0 Å². The van der Waals surface area contributed by atoms with Crippen molar-refractivity contribution in [1.82, 2.24) is 5.32 Å². The van der Waals surface area contributed by atoms with E-state index in [9.17, 15) is 14.4 Å². The number of rotatable bonds is 10. The summed E-state index contributed by atoms with van der Waals surface area (Å²) >= 11 is 0. The molecule has 0 aliphatic carbocycles.